The number of carbonyl (C=O) groups is 3. The summed E-state index contributed by atoms with van der Waals surface area (Å²) in [5, 5.41) is 13.7. The van der Waals surface area contributed by atoms with Crippen molar-refractivity contribution in [1.29, 1.82) is 0 Å². The lowest BCUT2D eigenvalue weighted by molar-refractivity contribution is -0.143. The minimum Gasteiger partial charge on any atom is -0.487 e. The summed E-state index contributed by atoms with van der Waals surface area (Å²) in [6.07, 6.45) is 1.57. The second-order valence-corrected chi connectivity index (χ2v) is 9.99. The third-order valence-corrected chi connectivity index (χ3v) is 7.66. The normalized spacial score (nSPS) is 20.9. The molecule has 0 spiro atoms. The number of benzene rings is 2. The Hall–Kier alpha value is -3.21. The van der Waals surface area contributed by atoms with Gasteiger partial charge in [0.15, 0.2) is 11.6 Å². The van der Waals surface area contributed by atoms with Crippen LogP contribution >= 0.6 is 11.8 Å². The van der Waals surface area contributed by atoms with Crippen molar-refractivity contribution in [3.8, 4) is 5.75 Å². The maximum Gasteiger partial charge on any atom is 0.306 e. The van der Waals surface area contributed by atoms with Gasteiger partial charge in [0.1, 0.15) is 11.6 Å². The molecule has 0 aromatic heterocycles. The fourth-order valence-electron chi connectivity index (χ4n) is 4.35. The number of aliphatic carboxylic acids is 1. The van der Waals surface area contributed by atoms with Crippen molar-refractivity contribution in [3.63, 3.8) is 0 Å². The Balaban J connectivity index is 1.24. The van der Waals surface area contributed by atoms with Crippen LogP contribution in [-0.4, -0.2) is 47.3 Å². The Bertz CT molecular complexity index is 1170. The van der Waals surface area contributed by atoms with Gasteiger partial charge in [-0.05, 0) is 49.8 Å². The van der Waals surface area contributed by atoms with Gasteiger partial charge in [-0.1, -0.05) is 12.1 Å². The van der Waals surface area contributed by atoms with E-state index in [-0.39, 0.29) is 30.6 Å². The van der Waals surface area contributed by atoms with Crippen molar-refractivity contribution in [3.05, 3.63) is 58.9 Å². The van der Waals surface area contributed by atoms with Crippen LogP contribution in [0.25, 0.3) is 0 Å². The maximum absolute atomic E-state index is 14.5. The SMILES string of the molecule is O=C(NCCNC(=O)C1Cc2cccc(F)c2S1)c1cc(F)c(OC2CCC(C(=O)O)CC2)cc1F. The van der Waals surface area contributed by atoms with Crippen molar-refractivity contribution in [2.45, 2.75) is 48.4 Å². The first-order chi connectivity index (χ1) is 17.2. The number of halogens is 3. The van der Waals surface area contributed by atoms with E-state index in [4.69, 9.17) is 9.84 Å². The molecule has 1 aliphatic heterocycles. The number of carboxylic acids is 1. The van der Waals surface area contributed by atoms with E-state index in [2.05, 4.69) is 10.6 Å². The highest BCUT2D eigenvalue weighted by Crippen LogP contribution is 2.38. The summed E-state index contributed by atoms with van der Waals surface area (Å²) < 4.78 is 48.4. The molecule has 2 aliphatic rings. The van der Waals surface area contributed by atoms with Crippen LogP contribution in [0.15, 0.2) is 35.2 Å². The van der Waals surface area contributed by atoms with Gasteiger partial charge in [-0.2, -0.15) is 0 Å². The lowest BCUT2D eigenvalue weighted by Gasteiger charge is -2.27. The minimum atomic E-state index is -0.964. The molecule has 3 N–H and O–H groups in total. The molecule has 1 saturated carbocycles. The molecule has 0 bridgehead atoms. The molecule has 11 heteroatoms. The van der Waals surface area contributed by atoms with E-state index < -0.39 is 46.3 Å². The number of ether oxygens (including phenoxy) is 1. The lowest BCUT2D eigenvalue weighted by atomic mass is 9.87. The predicted octanol–water partition coefficient (Wildman–Crippen LogP) is 3.69. The van der Waals surface area contributed by atoms with E-state index in [1.54, 1.807) is 12.1 Å². The number of carbonyl (C=O) groups excluding carboxylic acids is 2. The van der Waals surface area contributed by atoms with Crippen LogP contribution in [-0.2, 0) is 16.0 Å². The number of fused-ring (bicyclic) bond motifs is 1. The monoisotopic (exact) mass is 522 g/mol. The molecule has 2 amide bonds. The summed E-state index contributed by atoms with van der Waals surface area (Å²) in [5.41, 5.74) is 0.268. The summed E-state index contributed by atoms with van der Waals surface area (Å²) in [4.78, 5) is 36.2. The fourth-order valence-corrected chi connectivity index (χ4v) is 5.57. The van der Waals surface area contributed by atoms with Crippen LogP contribution in [0.3, 0.4) is 0 Å². The van der Waals surface area contributed by atoms with E-state index in [1.807, 2.05) is 0 Å². The lowest BCUT2D eigenvalue weighted by Crippen LogP contribution is -2.38. The van der Waals surface area contributed by atoms with Gasteiger partial charge in [-0.15, -0.1) is 11.8 Å². The van der Waals surface area contributed by atoms with Gasteiger partial charge in [0.2, 0.25) is 5.91 Å². The van der Waals surface area contributed by atoms with Crippen molar-refractivity contribution >= 4 is 29.5 Å². The summed E-state index contributed by atoms with van der Waals surface area (Å²) >= 11 is 1.15. The number of nitrogens with one attached hydrogen (secondary N) is 2. The highest BCUT2D eigenvalue weighted by molar-refractivity contribution is 8.01. The van der Waals surface area contributed by atoms with Gasteiger partial charge < -0.3 is 20.5 Å². The van der Waals surface area contributed by atoms with Crippen LogP contribution in [0.4, 0.5) is 13.2 Å². The Morgan fingerprint density at radius 3 is 2.39 bits per heavy atom. The zero-order valence-corrected chi connectivity index (χ0v) is 20.0. The number of amides is 2. The van der Waals surface area contributed by atoms with Crippen molar-refractivity contribution in [2.75, 3.05) is 13.1 Å². The van der Waals surface area contributed by atoms with Gasteiger partial charge >= 0.3 is 5.97 Å². The van der Waals surface area contributed by atoms with Crippen molar-refractivity contribution < 1.29 is 37.4 Å². The first-order valence-electron chi connectivity index (χ1n) is 11.6. The highest BCUT2D eigenvalue weighted by atomic mass is 32.2. The molecule has 2 aromatic rings. The zero-order valence-electron chi connectivity index (χ0n) is 19.2. The molecule has 36 heavy (non-hydrogen) atoms. The van der Waals surface area contributed by atoms with Crippen LogP contribution < -0.4 is 15.4 Å². The Morgan fingerprint density at radius 2 is 1.69 bits per heavy atom. The van der Waals surface area contributed by atoms with Gasteiger partial charge in [0, 0.05) is 24.1 Å². The first-order valence-corrected chi connectivity index (χ1v) is 12.5. The van der Waals surface area contributed by atoms with E-state index in [9.17, 15) is 27.6 Å². The summed E-state index contributed by atoms with van der Waals surface area (Å²) in [6, 6.07) is 6.27. The van der Waals surface area contributed by atoms with Gasteiger partial charge in [-0.3, -0.25) is 14.4 Å². The summed E-state index contributed by atoms with van der Waals surface area (Å²) in [5.74, 6) is -5.05. The zero-order chi connectivity index (χ0) is 25.8. The molecule has 4 rings (SSSR count). The van der Waals surface area contributed by atoms with Gasteiger partial charge in [0.25, 0.3) is 5.91 Å². The molecule has 1 heterocycles. The van der Waals surface area contributed by atoms with E-state index in [0.29, 0.717) is 37.0 Å². The third kappa shape index (κ3) is 5.95. The Morgan fingerprint density at radius 1 is 0.972 bits per heavy atom. The molecular weight excluding hydrogens is 497 g/mol. The van der Waals surface area contributed by atoms with Crippen molar-refractivity contribution in [1.82, 2.24) is 10.6 Å². The summed E-state index contributed by atoms with van der Waals surface area (Å²) in [6.45, 7) is 0.0418. The number of carboxylic acid groups (broad SMARTS) is 1. The quantitative estimate of drug-likeness (QED) is 0.457. The molecular formula is C25H25F3N2O5S. The smallest absolute Gasteiger partial charge is 0.306 e. The van der Waals surface area contributed by atoms with E-state index in [1.165, 1.54) is 6.07 Å². The average molecular weight is 523 g/mol. The number of rotatable bonds is 8. The molecule has 192 valence electrons. The topological polar surface area (TPSA) is 105 Å². The molecule has 1 atom stereocenters. The Kier molecular flexibility index (Phi) is 8.07. The van der Waals surface area contributed by atoms with Crippen molar-refractivity contribution in [2.24, 2.45) is 5.92 Å². The van der Waals surface area contributed by atoms with Crippen LogP contribution in [0.2, 0.25) is 0 Å². The largest absolute Gasteiger partial charge is 0.487 e. The standard InChI is InChI=1S/C25H25F3N2O5S/c26-17-3-1-2-14-10-21(36-22(14)17)24(32)30-9-8-29-23(31)16-11-19(28)20(12-18(16)27)35-15-6-4-13(5-7-15)25(33)34/h1-3,11-13,15,21H,4-10H2,(H,29,31)(H,30,32)(H,33,34). The van der Waals surface area contributed by atoms with Crippen LogP contribution in [0.1, 0.15) is 41.6 Å². The second kappa shape index (κ2) is 11.2. The molecule has 0 radical (unpaired) electrons. The summed E-state index contributed by atoms with van der Waals surface area (Å²) in [7, 11) is 0. The Labute approximate surface area is 209 Å². The van der Waals surface area contributed by atoms with Gasteiger partial charge in [-0.25, -0.2) is 13.2 Å². The van der Waals surface area contributed by atoms with Crippen LogP contribution in [0.5, 0.6) is 5.75 Å². The van der Waals surface area contributed by atoms with E-state index in [0.717, 1.165) is 29.5 Å². The highest BCUT2D eigenvalue weighted by Gasteiger charge is 2.30. The third-order valence-electron chi connectivity index (χ3n) is 6.30. The predicted molar refractivity (Wildman–Crippen MR) is 125 cm³/mol. The molecule has 0 saturated heterocycles. The number of hydrogen-bond donors (Lipinski definition) is 3. The second-order valence-electron chi connectivity index (χ2n) is 8.78. The fraction of sp³-hybridized carbons (Fsp3) is 0.400. The molecule has 2 aromatic carbocycles. The maximum atomic E-state index is 14.5. The van der Waals surface area contributed by atoms with E-state index >= 15 is 0 Å². The minimum absolute atomic E-state index is 0.0185. The molecule has 1 unspecified atom stereocenters. The van der Waals surface area contributed by atoms with Gasteiger partial charge in [0.05, 0.1) is 22.8 Å². The molecule has 7 nitrogen and oxygen atoms in total. The number of thioether (sulfide) groups is 1. The molecule has 1 aliphatic carbocycles. The first kappa shape index (κ1) is 25.9. The van der Waals surface area contributed by atoms with Crippen LogP contribution in [0, 0.1) is 23.4 Å². The average Bonchev–Trinajstić information content (AvgIpc) is 3.30. The molecule has 1 fully saturated rings. The number of hydrogen-bond acceptors (Lipinski definition) is 5.